The second kappa shape index (κ2) is 14.4. The van der Waals surface area contributed by atoms with Gasteiger partial charge in [-0.15, -0.1) is 8.81 Å². The summed E-state index contributed by atoms with van der Waals surface area (Å²) in [4.78, 5) is 4.67. The summed E-state index contributed by atoms with van der Waals surface area (Å²) in [6, 6.07) is 10.0. The predicted octanol–water partition coefficient (Wildman–Crippen LogP) is 6.06. The molecule has 0 amide bonds. The van der Waals surface area contributed by atoms with Crippen LogP contribution in [0.1, 0.15) is 43.1 Å². The van der Waals surface area contributed by atoms with E-state index in [1.54, 1.807) is 18.2 Å². The first-order valence-corrected chi connectivity index (χ1v) is 21.5. The average molecular weight is 832 g/mol. The van der Waals surface area contributed by atoms with Crippen molar-refractivity contribution in [3.8, 4) is 23.0 Å². The minimum Gasteiger partial charge on any atom is -0.322 e. The van der Waals surface area contributed by atoms with E-state index in [0.717, 1.165) is 18.4 Å². The predicted molar refractivity (Wildman–Crippen MR) is 197 cm³/mol. The number of sulfone groups is 1. The highest BCUT2D eigenvalue weighted by Gasteiger charge is 2.37. The molecule has 2 heterocycles. The van der Waals surface area contributed by atoms with Gasteiger partial charge in [0.15, 0.2) is 15.7 Å². The number of halogens is 6. The van der Waals surface area contributed by atoms with Gasteiger partial charge in [0.05, 0.1) is 40.2 Å². The van der Waals surface area contributed by atoms with E-state index in [2.05, 4.69) is 21.9 Å². The molecule has 2 N–H and O–H groups in total. The standard InChI is InChI=1S/C34H31ClF5N5O6S3/c1-34(2,52(3,46)47)13-12-26-21-8-6-7-9-22(21)27(29(42-26)25(41)16-18-14-19(36)17-20(37)15-18)23-10-11-24(35)28-30(23)44(32(40)31(38)39)43-33(28)45(53(4,48)49)54(5,50)51/h6-11,14-15,17,25,31-32H,16,41H2,1-5H3/t25-,32?/m0/s1. The molecule has 2 atom stereocenters. The zero-order valence-corrected chi connectivity index (χ0v) is 32.1. The fraction of sp³-hybridized carbons (Fsp3) is 0.294. The first-order valence-electron chi connectivity index (χ1n) is 15.5. The molecule has 54 heavy (non-hydrogen) atoms. The Morgan fingerprint density at radius 3 is 2.02 bits per heavy atom. The Bertz CT molecular complexity index is 2680. The molecule has 0 aliphatic rings. The third kappa shape index (κ3) is 7.89. The highest BCUT2D eigenvalue weighted by Crippen LogP contribution is 2.45. The minimum absolute atomic E-state index is 0.0102. The Labute approximate surface area is 312 Å². The average Bonchev–Trinajstić information content (AvgIpc) is 3.41. The molecule has 0 radical (unpaired) electrons. The molecule has 288 valence electrons. The number of aromatic nitrogens is 3. The number of alkyl halides is 3. The van der Waals surface area contributed by atoms with Crippen molar-refractivity contribution >= 4 is 69.0 Å². The number of hydrogen-bond donors (Lipinski definition) is 1. The van der Waals surface area contributed by atoms with Crippen molar-refractivity contribution in [2.24, 2.45) is 5.73 Å². The van der Waals surface area contributed by atoms with E-state index < -0.39 is 86.8 Å². The molecule has 2 aromatic heterocycles. The van der Waals surface area contributed by atoms with Gasteiger partial charge >= 0.3 is 0 Å². The third-order valence-corrected chi connectivity index (χ3v) is 13.8. The summed E-state index contributed by atoms with van der Waals surface area (Å²) < 4.78 is 147. The lowest BCUT2D eigenvalue weighted by atomic mass is 9.90. The Morgan fingerprint density at radius 1 is 0.907 bits per heavy atom. The summed E-state index contributed by atoms with van der Waals surface area (Å²) in [5.74, 6) is 2.63. The van der Waals surface area contributed by atoms with E-state index in [-0.39, 0.29) is 53.7 Å². The van der Waals surface area contributed by atoms with Crippen molar-refractivity contribution < 1.29 is 47.2 Å². The first-order chi connectivity index (χ1) is 24.8. The molecule has 20 heteroatoms. The Morgan fingerprint density at radius 2 is 1.48 bits per heavy atom. The maximum atomic E-state index is 15.6. The molecule has 0 aliphatic carbocycles. The molecule has 0 fully saturated rings. The fourth-order valence-corrected chi connectivity index (χ4v) is 9.03. The number of fused-ring (bicyclic) bond motifs is 2. The lowest BCUT2D eigenvalue weighted by molar-refractivity contribution is 0.00365. The van der Waals surface area contributed by atoms with Gasteiger partial charge in [0.1, 0.15) is 22.1 Å². The van der Waals surface area contributed by atoms with Crippen LogP contribution in [0.4, 0.5) is 27.8 Å². The van der Waals surface area contributed by atoms with Crippen LogP contribution in [0.5, 0.6) is 0 Å². The summed E-state index contributed by atoms with van der Waals surface area (Å²) in [7, 11) is -13.3. The number of benzene rings is 3. The van der Waals surface area contributed by atoms with Gasteiger partial charge in [0.2, 0.25) is 20.0 Å². The summed E-state index contributed by atoms with van der Waals surface area (Å²) in [5.41, 5.74) is 5.86. The summed E-state index contributed by atoms with van der Waals surface area (Å²) >= 11 is 6.51. The quantitative estimate of drug-likeness (QED) is 0.130. The van der Waals surface area contributed by atoms with E-state index in [9.17, 15) is 42.8 Å². The van der Waals surface area contributed by atoms with Gasteiger partial charge in [-0.3, -0.25) is 0 Å². The first kappa shape index (κ1) is 40.8. The molecule has 5 rings (SSSR count). The van der Waals surface area contributed by atoms with E-state index >= 15 is 4.39 Å². The van der Waals surface area contributed by atoms with Crippen LogP contribution in [0.3, 0.4) is 0 Å². The van der Waals surface area contributed by atoms with Gasteiger partial charge in [-0.2, -0.15) is 0 Å². The Hall–Kier alpha value is -4.35. The van der Waals surface area contributed by atoms with Crippen molar-refractivity contribution in [3.63, 3.8) is 0 Å². The third-order valence-electron chi connectivity index (χ3n) is 8.35. The molecular weight excluding hydrogens is 801 g/mol. The second-order valence-corrected chi connectivity index (χ2v) is 19.8. The molecule has 0 bridgehead atoms. The highest BCUT2D eigenvalue weighted by atomic mass is 35.5. The van der Waals surface area contributed by atoms with Crippen LogP contribution in [0, 0.1) is 23.5 Å². The van der Waals surface area contributed by atoms with Crippen LogP contribution in [0.25, 0.3) is 32.8 Å². The van der Waals surface area contributed by atoms with Crippen molar-refractivity contribution in [2.75, 3.05) is 22.5 Å². The second-order valence-electron chi connectivity index (χ2n) is 12.9. The maximum absolute atomic E-state index is 15.6. The summed E-state index contributed by atoms with van der Waals surface area (Å²) in [5, 5.41) is 3.28. The van der Waals surface area contributed by atoms with Crippen LogP contribution in [0.2, 0.25) is 5.02 Å². The zero-order chi connectivity index (χ0) is 40.3. The number of hydrogen-bond acceptors (Lipinski definition) is 9. The molecule has 1 unspecified atom stereocenters. The van der Waals surface area contributed by atoms with Crippen molar-refractivity contribution in [1.82, 2.24) is 14.8 Å². The Kier molecular flexibility index (Phi) is 10.9. The van der Waals surface area contributed by atoms with Crippen LogP contribution in [-0.4, -0.2) is 70.0 Å². The molecule has 0 saturated heterocycles. The van der Waals surface area contributed by atoms with Crippen molar-refractivity contribution in [3.05, 3.63) is 88.2 Å². The number of pyridine rings is 1. The Balaban J connectivity index is 1.99. The normalized spacial score (nSPS) is 13.9. The SMILES string of the molecule is CC(C)(C#Cc1nc([C@@H](N)Cc2cc(F)cc(F)c2)c(-c2ccc(Cl)c3c(N(S(C)(=O)=O)S(C)(=O)=O)nn(C(F)C(F)F)c23)c2ccccc12)S(C)(=O)=O. The molecule has 3 aromatic carbocycles. The van der Waals surface area contributed by atoms with Gasteiger partial charge in [-0.05, 0) is 55.3 Å². The summed E-state index contributed by atoms with van der Waals surface area (Å²) in [6.07, 6.45) is -5.35. The van der Waals surface area contributed by atoms with Gasteiger partial charge in [0.25, 0.3) is 12.7 Å². The van der Waals surface area contributed by atoms with E-state index in [4.69, 9.17) is 17.3 Å². The number of sulfonamides is 2. The van der Waals surface area contributed by atoms with Crippen LogP contribution in [-0.2, 0) is 36.3 Å². The lowest BCUT2D eigenvalue weighted by Gasteiger charge is -2.21. The molecule has 0 spiro atoms. The van der Waals surface area contributed by atoms with Crippen molar-refractivity contribution in [2.45, 2.75) is 43.8 Å². The van der Waals surface area contributed by atoms with Gasteiger partial charge in [0, 0.05) is 28.8 Å². The molecule has 0 aliphatic heterocycles. The van der Waals surface area contributed by atoms with E-state index in [0.29, 0.717) is 18.6 Å². The fourth-order valence-electron chi connectivity index (χ4n) is 5.70. The van der Waals surface area contributed by atoms with Gasteiger partial charge < -0.3 is 5.73 Å². The van der Waals surface area contributed by atoms with Gasteiger partial charge in [-0.25, -0.2) is 56.9 Å². The van der Waals surface area contributed by atoms with Crippen LogP contribution >= 0.6 is 11.6 Å². The molecule has 11 nitrogen and oxygen atoms in total. The van der Waals surface area contributed by atoms with E-state index in [1.165, 1.54) is 32.0 Å². The highest BCUT2D eigenvalue weighted by molar-refractivity contribution is 8.09. The van der Waals surface area contributed by atoms with E-state index in [1.807, 2.05) is 0 Å². The number of nitrogens with two attached hydrogens (primary N) is 1. The molecular formula is C34H31ClF5N5O6S3. The smallest absolute Gasteiger partial charge is 0.289 e. The van der Waals surface area contributed by atoms with Crippen molar-refractivity contribution in [1.29, 1.82) is 0 Å². The lowest BCUT2D eigenvalue weighted by Crippen LogP contribution is -2.35. The monoisotopic (exact) mass is 831 g/mol. The topological polar surface area (TPSA) is 162 Å². The largest absolute Gasteiger partial charge is 0.322 e. The maximum Gasteiger partial charge on any atom is 0.289 e. The molecule has 5 aromatic rings. The summed E-state index contributed by atoms with van der Waals surface area (Å²) in [6.45, 7) is 2.74. The minimum atomic E-state index is -4.78. The zero-order valence-electron chi connectivity index (χ0n) is 28.9. The number of anilines is 1. The number of nitrogens with zero attached hydrogens (tertiary/aromatic N) is 4. The van der Waals surface area contributed by atoms with Crippen LogP contribution in [0.15, 0.2) is 54.6 Å². The van der Waals surface area contributed by atoms with Gasteiger partial charge in [-0.1, -0.05) is 47.9 Å². The number of rotatable bonds is 10. The molecule has 0 saturated carbocycles. The van der Waals surface area contributed by atoms with Crippen LogP contribution < -0.4 is 9.44 Å².